The highest BCUT2D eigenvalue weighted by molar-refractivity contribution is 7.98. The number of hydrogen-bond acceptors (Lipinski definition) is 3. The number of carbonyl (C=O) groups excluding carboxylic acids is 1. The van der Waals surface area contributed by atoms with Crippen LogP contribution in [0.3, 0.4) is 0 Å². The Morgan fingerprint density at radius 1 is 1.26 bits per heavy atom. The zero-order valence-corrected chi connectivity index (χ0v) is 11.8. The molecule has 0 aliphatic heterocycles. The van der Waals surface area contributed by atoms with E-state index in [9.17, 15) is 4.79 Å². The molecule has 0 spiro atoms. The van der Waals surface area contributed by atoms with Gasteiger partial charge in [0.1, 0.15) is 0 Å². The van der Waals surface area contributed by atoms with Gasteiger partial charge in [0.15, 0.2) is 0 Å². The minimum absolute atomic E-state index is 0.0932. The van der Waals surface area contributed by atoms with Gasteiger partial charge in [-0.3, -0.25) is 4.79 Å². The smallest absolute Gasteiger partial charge is 0.253 e. The van der Waals surface area contributed by atoms with Crippen LogP contribution < -0.4 is 11.1 Å². The first-order chi connectivity index (χ1) is 9.22. The molecule has 2 aromatic carbocycles. The largest absolute Gasteiger partial charge is 0.398 e. The maximum Gasteiger partial charge on any atom is 0.253 e. The average Bonchev–Trinajstić information content (AvgIpc) is 2.42. The number of nitrogens with two attached hydrogens (primary N) is 1. The van der Waals surface area contributed by atoms with Crippen molar-refractivity contribution in [3.63, 3.8) is 0 Å². The number of nitrogen functional groups attached to an aromatic ring is 1. The van der Waals surface area contributed by atoms with Crippen molar-refractivity contribution in [3.8, 4) is 0 Å². The fourth-order valence-corrected chi connectivity index (χ4v) is 2.40. The van der Waals surface area contributed by atoms with E-state index in [1.807, 2.05) is 36.4 Å². The van der Waals surface area contributed by atoms with Gasteiger partial charge >= 0.3 is 0 Å². The van der Waals surface area contributed by atoms with Crippen LogP contribution in [-0.2, 0) is 0 Å². The minimum atomic E-state index is -0.0932. The zero-order valence-electron chi connectivity index (χ0n) is 11.0. The molecular weight excluding hydrogens is 256 g/mol. The second kappa shape index (κ2) is 6.48. The van der Waals surface area contributed by atoms with E-state index in [1.54, 1.807) is 11.8 Å². The van der Waals surface area contributed by atoms with Gasteiger partial charge in [0.2, 0.25) is 0 Å². The fourth-order valence-electron chi connectivity index (χ4n) is 1.97. The van der Waals surface area contributed by atoms with E-state index in [4.69, 9.17) is 5.73 Å². The number of hydrogen-bond donors (Lipinski definition) is 2. The summed E-state index contributed by atoms with van der Waals surface area (Å²) in [4.78, 5) is 12.1. The Balaban J connectivity index is 2.15. The molecule has 0 bridgehead atoms. The number of fused-ring (bicyclic) bond motifs is 1. The molecule has 0 fully saturated rings. The highest BCUT2D eigenvalue weighted by atomic mass is 32.2. The molecular formula is C15H18N2OS. The predicted molar refractivity (Wildman–Crippen MR) is 83.7 cm³/mol. The second-order valence-electron chi connectivity index (χ2n) is 4.39. The Kier molecular flexibility index (Phi) is 4.68. The third-order valence-corrected chi connectivity index (χ3v) is 3.67. The maximum atomic E-state index is 12.1. The van der Waals surface area contributed by atoms with Gasteiger partial charge in [-0.2, -0.15) is 11.8 Å². The molecule has 0 radical (unpaired) electrons. The number of thioether (sulfide) groups is 1. The predicted octanol–water partition coefficient (Wildman–Crippen LogP) is 2.90. The third-order valence-electron chi connectivity index (χ3n) is 2.97. The summed E-state index contributed by atoms with van der Waals surface area (Å²) in [5.74, 6) is 0.956. The van der Waals surface area contributed by atoms with Gasteiger partial charge in [0.05, 0.1) is 5.56 Å². The molecule has 0 heterocycles. The summed E-state index contributed by atoms with van der Waals surface area (Å²) in [6.45, 7) is 0.686. The molecule has 2 rings (SSSR count). The van der Waals surface area contributed by atoms with Crippen molar-refractivity contribution < 1.29 is 4.79 Å². The van der Waals surface area contributed by atoms with Crippen molar-refractivity contribution in [2.45, 2.75) is 6.42 Å². The summed E-state index contributed by atoms with van der Waals surface area (Å²) in [6.07, 6.45) is 3.03. The minimum Gasteiger partial charge on any atom is -0.398 e. The van der Waals surface area contributed by atoms with Crippen molar-refractivity contribution >= 4 is 34.1 Å². The maximum absolute atomic E-state index is 12.1. The van der Waals surface area contributed by atoms with E-state index in [0.29, 0.717) is 17.8 Å². The molecule has 3 N–H and O–H groups in total. The van der Waals surface area contributed by atoms with Gasteiger partial charge < -0.3 is 11.1 Å². The summed E-state index contributed by atoms with van der Waals surface area (Å²) in [7, 11) is 0. The van der Waals surface area contributed by atoms with Gasteiger partial charge in [-0.05, 0) is 41.3 Å². The van der Waals surface area contributed by atoms with Crippen molar-refractivity contribution in [2.75, 3.05) is 24.3 Å². The SMILES string of the molecule is CSCCCNC(=O)c1cc2ccccc2cc1N. The lowest BCUT2D eigenvalue weighted by Crippen LogP contribution is -2.25. The molecule has 1 amide bonds. The first-order valence-corrected chi connectivity index (χ1v) is 7.67. The number of anilines is 1. The molecule has 0 aromatic heterocycles. The molecule has 3 nitrogen and oxygen atoms in total. The first kappa shape index (κ1) is 13.7. The Labute approximate surface area is 117 Å². The van der Waals surface area contributed by atoms with Crippen LogP contribution in [-0.4, -0.2) is 24.5 Å². The standard InChI is InChI=1S/C15H18N2OS/c1-19-8-4-7-17-15(18)13-9-11-5-2-3-6-12(11)10-14(13)16/h2-3,5-6,9-10H,4,7-8,16H2,1H3,(H,17,18). The molecule has 0 saturated carbocycles. The van der Waals surface area contributed by atoms with Gasteiger partial charge in [-0.25, -0.2) is 0 Å². The van der Waals surface area contributed by atoms with Gasteiger partial charge in [0.25, 0.3) is 5.91 Å². The summed E-state index contributed by atoms with van der Waals surface area (Å²) >= 11 is 1.78. The van der Waals surface area contributed by atoms with Crippen LogP contribution in [0, 0.1) is 0 Å². The van der Waals surface area contributed by atoms with Crippen LogP contribution in [0.4, 0.5) is 5.69 Å². The van der Waals surface area contributed by atoms with Crippen molar-refractivity contribution in [1.82, 2.24) is 5.32 Å². The number of nitrogens with one attached hydrogen (secondary N) is 1. The van der Waals surface area contributed by atoms with Crippen LogP contribution in [0.2, 0.25) is 0 Å². The molecule has 19 heavy (non-hydrogen) atoms. The van der Waals surface area contributed by atoms with E-state index < -0.39 is 0 Å². The van der Waals surface area contributed by atoms with E-state index in [-0.39, 0.29) is 5.91 Å². The molecule has 0 unspecified atom stereocenters. The van der Waals surface area contributed by atoms with E-state index in [1.165, 1.54) is 0 Å². The van der Waals surface area contributed by atoms with Crippen LogP contribution in [0.15, 0.2) is 36.4 Å². The summed E-state index contributed by atoms with van der Waals surface area (Å²) in [5.41, 5.74) is 7.04. The van der Waals surface area contributed by atoms with E-state index >= 15 is 0 Å². The average molecular weight is 274 g/mol. The molecule has 0 aliphatic carbocycles. The molecule has 0 atom stereocenters. The molecule has 4 heteroatoms. The monoisotopic (exact) mass is 274 g/mol. The zero-order chi connectivity index (χ0) is 13.7. The number of benzene rings is 2. The Bertz CT molecular complexity index is 583. The number of carbonyl (C=O) groups is 1. The normalized spacial score (nSPS) is 10.6. The van der Waals surface area contributed by atoms with E-state index in [2.05, 4.69) is 11.6 Å². The highest BCUT2D eigenvalue weighted by Crippen LogP contribution is 2.21. The van der Waals surface area contributed by atoms with Crippen LogP contribution >= 0.6 is 11.8 Å². The number of rotatable bonds is 5. The van der Waals surface area contributed by atoms with Gasteiger partial charge in [-0.1, -0.05) is 24.3 Å². The molecule has 0 saturated heterocycles. The Morgan fingerprint density at radius 3 is 2.63 bits per heavy atom. The fraction of sp³-hybridized carbons (Fsp3) is 0.267. The van der Waals surface area contributed by atoms with Crippen molar-refractivity contribution in [2.24, 2.45) is 0 Å². The lowest BCUT2D eigenvalue weighted by Gasteiger charge is -2.09. The van der Waals surface area contributed by atoms with Crippen molar-refractivity contribution in [1.29, 1.82) is 0 Å². The van der Waals surface area contributed by atoms with Gasteiger partial charge in [0, 0.05) is 12.2 Å². The Hall–Kier alpha value is -1.68. The summed E-state index contributed by atoms with van der Waals surface area (Å²) in [5, 5.41) is 4.99. The topological polar surface area (TPSA) is 55.1 Å². The summed E-state index contributed by atoms with van der Waals surface area (Å²) in [6, 6.07) is 11.6. The first-order valence-electron chi connectivity index (χ1n) is 6.28. The van der Waals surface area contributed by atoms with Crippen LogP contribution in [0.5, 0.6) is 0 Å². The Morgan fingerprint density at radius 2 is 1.95 bits per heavy atom. The van der Waals surface area contributed by atoms with Crippen molar-refractivity contribution in [3.05, 3.63) is 42.0 Å². The lowest BCUT2D eigenvalue weighted by molar-refractivity contribution is 0.0955. The quantitative estimate of drug-likeness (QED) is 0.651. The third kappa shape index (κ3) is 3.41. The molecule has 2 aromatic rings. The second-order valence-corrected chi connectivity index (χ2v) is 5.37. The molecule has 0 aliphatic rings. The van der Waals surface area contributed by atoms with Gasteiger partial charge in [-0.15, -0.1) is 0 Å². The summed E-state index contributed by atoms with van der Waals surface area (Å²) < 4.78 is 0. The number of amides is 1. The highest BCUT2D eigenvalue weighted by Gasteiger charge is 2.10. The van der Waals surface area contributed by atoms with E-state index in [0.717, 1.165) is 22.9 Å². The lowest BCUT2D eigenvalue weighted by atomic mass is 10.0. The van der Waals surface area contributed by atoms with Crippen LogP contribution in [0.25, 0.3) is 10.8 Å². The molecule has 100 valence electrons. The van der Waals surface area contributed by atoms with Crippen LogP contribution in [0.1, 0.15) is 16.8 Å².